The molecule has 1 aliphatic rings. The standard InChI is InChI=1S/C14H15N3O/c1-16-9-13(10-18)17-14(6-7-14)12-4-2-11(8-15)3-5-12/h2-5,9-10,16-17H,6-7H2,1H3/b13-9-. The van der Waals surface area contributed by atoms with Gasteiger partial charge in [-0.25, -0.2) is 0 Å². The van der Waals surface area contributed by atoms with Crippen LogP contribution in [0.15, 0.2) is 36.2 Å². The lowest BCUT2D eigenvalue weighted by atomic mass is 10.0. The molecular formula is C14H15N3O. The predicted molar refractivity (Wildman–Crippen MR) is 68.4 cm³/mol. The van der Waals surface area contributed by atoms with Gasteiger partial charge in [-0.2, -0.15) is 5.26 Å². The van der Waals surface area contributed by atoms with Crippen molar-refractivity contribution in [3.05, 3.63) is 47.3 Å². The normalized spacial score (nSPS) is 16.6. The molecule has 0 radical (unpaired) electrons. The van der Waals surface area contributed by atoms with Gasteiger partial charge >= 0.3 is 0 Å². The molecule has 0 bridgehead atoms. The molecule has 4 nitrogen and oxygen atoms in total. The van der Waals surface area contributed by atoms with Crippen molar-refractivity contribution in [1.29, 1.82) is 5.26 Å². The first-order valence-electron chi connectivity index (χ1n) is 5.85. The Morgan fingerprint density at radius 3 is 2.50 bits per heavy atom. The van der Waals surface area contributed by atoms with Crippen LogP contribution < -0.4 is 10.6 Å². The van der Waals surface area contributed by atoms with Crippen LogP contribution in [0.3, 0.4) is 0 Å². The van der Waals surface area contributed by atoms with E-state index in [0.717, 1.165) is 24.7 Å². The lowest BCUT2D eigenvalue weighted by Gasteiger charge is -2.19. The van der Waals surface area contributed by atoms with Crippen molar-refractivity contribution in [3.63, 3.8) is 0 Å². The summed E-state index contributed by atoms with van der Waals surface area (Å²) in [7, 11) is 1.76. The van der Waals surface area contributed by atoms with E-state index in [2.05, 4.69) is 16.7 Å². The zero-order chi connectivity index (χ0) is 13.0. The summed E-state index contributed by atoms with van der Waals surface area (Å²) in [5.74, 6) is 0. The largest absolute Gasteiger partial charge is 0.392 e. The molecule has 92 valence electrons. The Hall–Kier alpha value is -2.28. The number of nitriles is 1. The molecule has 1 aliphatic carbocycles. The summed E-state index contributed by atoms with van der Waals surface area (Å²) in [5.41, 5.74) is 2.16. The molecule has 0 unspecified atom stereocenters. The van der Waals surface area contributed by atoms with Crippen LogP contribution in [0, 0.1) is 11.3 Å². The molecule has 0 heterocycles. The average molecular weight is 241 g/mol. The second-order valence-corrected chi connectivity index (χ2v) is 4.40. The van der Waals surface area contributed by atoms with Crippen molar-refractivity contribution in [2.75, 3.05) is 7.05 Å². The maximum atomic E-state index is 10.9. The van der Waals surface area contributed by atoms with Gasteiger partial charge in [0.15, 0.2) is 6.29 Å². The van der Waals surface area contributed by atoms with Gasteiger partial charge in [0.2, 0.25) is 0 Å². The highest BCUT2D eigenvalue weighted by molar-refractivity contribution is 5.72. The van der Waals surface area contributed by atoms with E-state index in [9.17, 15) is 4.79 Å². The van der Waals surface area contributed by atoms with Crippen molar-refractivity contribution >= 4 is 6.29 Å². The number of carbonyl (C=O) groups is 1. The van der Waals surface area contributed by atoms with Crippen molar-refractivity contribution in [3.8, 4) is 6.07 Å². The SMILES string of the molecule is CN/C=C(/C=O)NC1(c2ccc(C#N)cc2)CC1. The zero-order valence-corrected chi connectivity index (χ0v) is 10.2. The quantitative estimate of drug-likeness (QED) is 0.604. The number of nitrogens with one attached hydrogen (secondary N) is 2. The first-order chi connectivity index (χ1) is 8.74. The lowest BCUT2D eigenvalue weighted by Crippen LogP contribution is -2.29. The van der Waals surface area contributed by atoms with Gasteiger partial charge in [-0.3, -0.25) is 4.79 Å². The Kier molecular flexibility index (Phi) is 3.33. The Morgan fingerprint density at radius 2 is 2.06 bits per heavy atom. The molecular weight excluding hydrogens is 226 g/mol. The summed E-state index contributed by atoms with van der Waals surface area (Å²) in [6.45, 7) is 0. The molecule has 1 fully saturated rings. The fourth-order valence-electron chi connectivity index (χ4n) is 2.01. The number of nitrogens with zero attached hydrogens (tertiary/aromatic N) is 1. The van der Waals surface area contributed by atoms with Crippen LogP contribution in [0.5, 0.6) is 0 Å². The minimum Gasteiger partial charge on any atom is -0.392 e. The third-order valence-corrected chi connectivity index (χ3v) is 3.13. The van der Waals surface area contributed by atoms with Gasteiger partial charge in [0.25, 0.3) is 0 Å². The van der Waals surface area contributed by atoms with Gasteiger partial charge in [-0.05, 0) is 30.5 Å². The second-order valence-electron chi connectivity index (χ2n) is 4.40. The van der Waals surface area contributed by atoms with Crippen molar-refractivity contribution in [2.45, 2.75) is 18.4 Å². The summed E-state index contributed by atoms with van der Waals surface area (Å²) in [6.07, 6.45) is 4.44. The fourth-order valence-corrected chi connectivity index (χ4v) is 2.01. The Morgan fingerprint density at radius 1 is 1.39 bits per heavy atom. The van der Waals surface area contributed by atoms with Gasteiger partial charge in [-0.15, -0.1) is 0 Å². The number of aldehydes is 1. The van der Waals surface area contributed by atoms with E-state index >= 15 is 0 Å². The highest BCUT2D eigenvalue weighted by Crippen LogP contribution is 2.46. The molecule has 2 rings (SSSR count). The number of carbonyl (C=O) groups excluding carboxylic acids is 1. The third kappa shape index (κ3) is 2.35. The van der Waals surface area contributed by atoms with Crippen LogP contribution in [-0.2, 0) is 10.3 Å². The second kappa shape index (κ2) is 4.92. The van der Waals surface area contributed by atoms with Crippen molar-refractivity contribution < 1.29 is 4.79 Å². The maximum Gasteiger partial charge on any atom is 0.167 e. The highest BCUT2D eigenvalue weighted by Gasteiger charge is 2.44. The number of rotatable bonds is 5. The van der Waals surface area contributed by atoms with E-state index in [-0.39, 0.29) is 5.54 Å². The summed E-state index contributed by atoms with van der Waals surface area (Å²) >= 11 is 0. The van der Waals surface area contributed by atoms with Gasteiger partial charge in [0, 0.05) is 13.2 Å². The Bertz CT molecular complexity index is 507. The maximum absolute atomic E-state index is 10.9. The van der Waals surface area contributed by atoms with Crippen LogP contribution in [0.25, 0.3) is 0 Å². The minimum atomic E-state index is -0.141. The Balaban J connectivity index is 2.18. The molecule has 0 amide bonds. The molecule has 0 aromatic heterocycles. The van der Waals surface area contributed by atoms with E-state index in [1.165, 1.54) is 0 Å². The van der Waals surface area contributed by atoms with Crippen LogP contribution >= 0.6 is 0 Å². The number of hydrogen-bond acceptors (Lipinski definition) is 4. The molecule has 2 N–H and O–H groups in total. The predicted octanol–water partition coefficient (Wildman–Crippen LogP) is 1.40. The smallest absolute Gasteiger partial charge is 0.167 e. The van der Waals surface area contributed by atoms with Crippen LogP contribution in [0.4, 0.5) is 0 Å². The molecule has 0 spiro atoms. The summed E-state index contributed by atoms with van der Waals surface area (Å²) in [6, 6.07) is 9.60. The summed E-state index contributed by atoms with van der Waals surface area (Å²) in [5, 5.41) is 14.9. The number of allylic oxidation sites excluding steroid dienone is 1. The molecule has 1 aromatic carbocycles. The van der Waals surface area contributed by atoms with Gasteiger partial charge in [0.1, 0.15) is 0 Å². The number of hydrogen-bond donors (Lipinski definition) is 2. The summed E-state index contributed by atoms with van der Waals surface area (Å²) in [4.78, 5) is 10.9. The van der Waals surface area contributed by atoms with E-state index < -0.39 is 0 Å². The fraction of sp³-hybridized carbons (Fsp3) is 0.286. The topological polar surface area (TPSA) is 64.9 Å². The van der Waals surface area contributed by atoms with Crippen molar-refractivity contribution in [1.82, 2.24) is 10.6 Å². The van der Waals surface area contributed by atoms with E-state index in [1.807, 2.05) is 12.1 Å². The van der Waals surface area contributed by atoms with E-state index in [4.69, 9.17) is 5.26 Å². The van der Waals surface area contributed by atoms with Gasteiger partial charge in [-0.1, -0.05) is 12.1 Å². The van der Waals surface area contributed by atoms with Crippen LogP contribution in [0.1, 0.15) is 24.0 Å². The molecule has 0 saturated heterocycles. The molecule has 0 aliphatic heterocycles. The monoisotopic (exact) mass is 241 g/mol. The van der Waals surface area contributed by atoms with E-state index in [0.29, 0.717) is 11.3 Å². The molecule has 0 atom stereocenters. The highest BCUT2D eigenvalue weighted by atomic mass is 16.1. The molecule has 1 aromatic rings. The number of benzene rings is 1. The first kappa shape index (κ1) is 12.2. The first-order valence-corrected chi connectivity index (χ1v) is 5.85. The molecule has 1 saturated carbocycles. The summed E-state index contributed by atoms with van der Waals surface area (Å²) < 4.78 is 0. The minimum absolute atomic E-state index is 0.141. The van der Waals surface area contributed by atoms with Crippen LogP contribution in [0.2, 0.25) is 0 Å². The average Bonchev–Trinajstić information content (AvgIpc) is 3.19. The van der Waals surface area contributed by atoms with Crippen molar-refractivity contribution in [2.24, 2.45) is 0 Å². The molecule has 18 heavy (non-hydrogen) atoms. The van der Waals surface area contributed by atoms with Gasteiger partial charge in [0.05, 0.1) is 22.9 Å². The van der Waals surface area contributed by atoms with Crippen LogP contribution in [-0.4, -0.2) is 13.3 Å². The zero-order valence-electron chi connectivity index (χ0n) is 10.2. The van der Waals surface area contributed by atoms with Gasteiger partial charge < -0.3 is 10.6 Å². The van der Waals surface area contributed by atoms with E-state index in [1.54, 1.807) is 25.4 Å². The molecule has 4 heteroatoms. The lowest BCUT2D eigenvalue weighted by molar-refractivity contribution is -0.105. The Labute approximate surface area is 106 Å². The third-order valence-electron chi connectivity index (χ3n) is 3.13.